The molecule has 0 aromatic carbocycles. The summed E-state index contributed by atoms with van der Waals surface area (Å²) < 4.78 is 9.01. The molecular formula is CH6O2PS+. The minimum atomic E-state index is -2.18. The van der Waals surface area contributed by atoms with Gasteiger partial charge in [0.1, 0.15) is 12.2 Å². The molecule has 0 spiro atoms. The van der Waals surface area contributed by atoms with Crippen molar-refractivity contribution >= 4 is 19.5 Å². The minimum Gasteiger partial charge on any atom is -0.151 e. The van der Waals surface area contributed by atoms with E-state index >= 15 is 0 Å². The zero-order chi connectivity index (χ0) is 3.58. The molecule has 0 heterocycles. The lowest BCUT2D eigenvalue weighted by Gasteiger charge is -1.33. The van der Waals surface area contributed by atoms with Crippen molar-refractivity contribution in [2.45, 2.75) is 7.43 Å². The summed E-state index contributed by atoms with van der Waals surface area (Å²) in [6, 6.07) is 0. The molecule has 1 N–H and O–H groups in total. The number of hydrogen-bond acceptors (Lipinski definition) is 1. The smallest absolute Gasteiger partial charge is 0.151 e. The summed E-state index contributed by atoms with van der Waals surface area (Å²) in [5.74, 6) is 0. The molecule has 0 aliphatic heterocycles. The van der Waals surface area contributed by atoms with Crippen LogP contribution < -0.4 is 0 Å². The van der Waals surface area contributed by atoms with Crippen molar-refractivity contribution in [2.24, 2.45) is 0 Å². The topological polar surface area (TPSA) is 37.3 Å². The van der Waals surface area contributed by atoms with Gasteiger partial charge in [-0.1, -0.05) is 7.43 Å². The summed E-state index contributed by atoms with van der Waals surface area (Å²) in [5.41, 5.74) is 0. The first-order chi connectivity index (χ1) is 1.73. The van der Waals surface area contributed by atoms with Crippen molar-refractivity contribution in [2.75, 3.05) is 0 Å². The van der Waals surface area contributed by atoms with Crippen LogP contribution in [0, 0.1) is 0 Å². The molecule has 1 atom stereocenters. The van der Waals surface area contributed by atoms with Gasteiger partial charge in [-0.05, 0) is 4.57 Å². The van der Waals surface area contributed by atoms with Gasteiger partial charge in [-0.15, -0.1) is 0 Å². The second kappa shape index (κ2) is 4.41. The highest BCUT2D eigenvalue weighted by Crippen LogP contribution is 2.16. The molecule has 5 heavy (non-hydrogen) atoms. The average Bonchev–Trinajstić information content (AvgIpc) is 0.811. The lowest BCUT2D eigenvalue weighted by molar-refractivity contribution is 0.520. The van der Waals surface area contributed by atoms with Gasteiger partial charge in [-0.2, -0.15) is 4.89 Å². The second-order valence-electron chi connectivity index (χ2n) is 0.253. The summed E-state index contributed by atoms with van der Waals surface area (Å²) in [7, 11) is -2.18. The molecule has 0 fully saturated rings. The third-order valence-corrected chi connectivity index (χ3v) is 0. The molecule has 1 unspecified atom stereocenters. The molecule has 0 aromatic rings. The summed E-state index contributed by atoms with van der Waals surface area (Å²) in [6.45, 7) is 0. The Morgan fingerprint density at radius 3 is 1.80 bits per heavy atom. The van der Waals surface area contributed by atoms with E-state index in [0.29, 0.717) is 0 Å². The maximum atomic E-state index is 9.01. The Labute approximate surface area is 37.2 Å². The summed E-state index contributed by atoms with van der Waals surface area (Å²) >= 11 is 3.03. The van der Waals surface area contributed by atoms with Crippen molar-refractivity contribution in [1.82, 2.24) is 0 Å². The van der Waals surface area contributed by atoms with Crippen molar-refractivity contribution in [3.05, 3.63) is 0 Å². The molecule has 0 rings (SSSR count). The van der Waals surface area contributed by atoms with Gasteiger partial charge in [0.15, 0.2) is 0 Å². The molecule has 0 saturated carbocycles. The fourth-order valence-corrected chi connectivity index (χ4v) is 0. The van der Waals surface area contributed by atoms with Gasteiger partial charge in [0.05, 0.1) is 0 Å². The molecule has 0 amide bonds. The second-order valence-corrected chi connectivity index (χ2v) is 1.78. The van der Waals surface area contributed by atoms with Crippen molar-refractivity contribution < 1.29 is 9.46 Å². The lowest BCUT2D eigenvalue weighted by atomic mass is 12.0. The van der Waals surface area contributed by atoms with Crippen LogP contribution in [0.15, 0.2) is 0 Å². The number of thiol groups is 1. The van der Waals surface area contributed by atoms with Crippen LogP contribution in [-0.2, 0) is 4.57 Å². The molecule has 0 aliphatic rings. The SMILES string of the molecule is C.O=[P+](O)S. The van der Waals surface area contributed by atoms with E-state index in [9.17, 15) is 0 Å². The van der Waals surface area contributed by atoms with Gasteiger partial charge < -0.3 is 0 Å². The molecule has 0 saturated heterocycles. The van der Waals surface area contributed by atoms with E-state index in [0.717, 1.165) is 0 Å². The Hall–Kier alpha value is 0.410. The molecule has 2 nitrogen and oxygen atoms in total. The average molecular weight is 113 g/mol. The zero-order valence-electron chi connectivity index (χ0n) is 1.75. The van der Waals surface area contributed by atoms with Gasteiger partial charge in [0.2, 0.25) is 0 Å². The quantitative estimate of drug-likeness (QED) is 0.366. The first-order valence-electron chi connectivity index (χ1n) is 0.583. The van der Waals surface area contributed by atoms with Crippen LogP contribution in [0.25, 0.3) is 0 Å². The monoisotopic (exact) mass is 113 g/mol. The molecule has 0 aliphatic carbocycles. The standard InChI is InChI=1S/CH4.HO2PS/c;1-3(2)4/h1H4;(H-,1,2,4)/p+1. The van der Waals surface area contributed by atoms with Crippen LogP contribution in [0.4, 0.5) is 0 Å². The molecule has 32 valence electrons. The lowest BCUT2D eigenvalue weighted by Crippen LogP contribution is -1.21. The predicted molar refractivity (Wildman–Crippen MR) is 25.5 cm³/mol. The molecule has 0 aromatic heterocycles. The van der Waals surface area contributed by atoms with Crippen molar-refractivity contribution in [1.29, 1.82) is 0 Å². The third-order valence-electron chi connectivity index (χ3n) is 0. The van der Waals surface area contributed by atoms with Crippen LogP contribution >= 0.6 is 19.5 Å². The van der Waals surface area contributed by atoms with E-state index in [2.05, 4.69) is 12.2 Å². The summed E-state index contributed by atoms with van der Waals surface area (Å²) in [5, 5.41) is 0. The van der Waals surface area contributed by atoms with Crippen LogP contribution in [0.5, 0.6) is 0 Å². The van der Waals surface area contributed by atoms with E-state index < -0.39 is 7.23 Å². The Kier molecular flexibility index (Phi) is 7.98. The maximum Gasteiger partial charge on any atom is 0.579 e. The van der Waals surface area contributed by atoms with Gasteiger partial charge in [0.25, 0.3) is 0 Å². The Morgan fingerprint density at radius 2 is 1.80 bits per heavy atom. The molecular weight excluding hydrogens is 107 g/mol. The fraction of sp³-hybridized carbons (Fsp3) is 1.00. The van der Waals surface area contributed by atoms with Crippen LogP contribution in [0.1, 0.15) is 7.43 Å². The highest BCUT2D eigenvalue weighted by molar-refractivity contribution is 8.38. The Morgan fingerprint density at radius 1 is 1.80 bits per heavy atom. The van der Waals surface area contributed by atoms with E-state index in [1.165, 1.54) is 0 Å². The van der Waals surface area contributed by atoms with Crippen LogP contribution in [0.3, 0.4) is 0 Å². The highest BCUT2D eigenvalue weighted by Gasteiger charge is 1.90. The molecule has 4 heteroatoms. The zero-order valence-corrected chi connectivity index (χ0v) is 3.54. The van der Waals surface area contributed by atoms with Gasteiger partial charge in [-0.3, -0.25) is 0 Å². The van der Waals surface area contributed by atoms with E-state index in [1.807, 2.05) is 0 Å². The predicted octanol–water partition coefficient (Wildman–Crippen LogP) is 1.20. The summed E-state index contributed by atoms with van der Waals surface area (Å²) in [4.78, 5) is 7.43. The fourth-order valence-electron chi connectivity index (χ4n) is 0. The van der Waals surface area contributed by atoms with E-state index in [4.69, 9.17) is 9.46 Å². The number of hydrogen-bond donors (Lipinski definition) is 2. The summed E-state index contributed by atoms with van der Waals surface area (Å²) in [6.07, 6.45) is 0. The highest BCUT2D eigenvalue weighted by atomic mass is 32.7. The Balaban J connectivity index is 0. The van der Waals surface area contributed by atoms with Gasteiger partial charge in [-0.25, -0.2) is 0 Å². The van der Waals surface area contributed by atoms with Crippen molar-refractivity contribution in [3.8, 4) is 0 Å². The first kappa shape index (κ1) is 9.05. The normalized spacial score (nSPS) is 8.80. The van der Waals surface area contributed by atoms with Gasteiger partial charge >= 0.3 is 7.23 Å². The van der Waals surface area contributed by atoms with E-state index in [1.54, 1.807) is 0 Å². The number of rotatable bonds is 0. The van der Waals surface area contributed by atoms with Crippen LogP contribution in [-0.4, -0.2) is 4.89 Å². The maximum absolute atomic E-state index is 9.01. The molecule has 0 bridgehead atoms. The Bertz CT molecular complexity index is 32.6. The minimum absolute atomic E-state index is 0. The van der Waals surface area contributed by atoms with E-state index in [-0.39, 0.29) is 7.43 Å². The van der Waals surface area contributed by atoms with Crippen molar-refractivity contribution in [3.63, 3.8) is 0 Å². The van der Waals surface area contributed by atoms with Crippen LogP contribution in [0.2, 0.25) is 0 Å². The van der Waals surface area contributed by atoms with Gasteiger partial charge in [0, 0.05) is 0 Å². The third kappa shape index (κ3) is 152. The molecule has 0 radical (unpaired) electrons. The largest absolute Gasteiger partial charge is 0.579 e. The first-order valence-corrected chi connectivity index (χ1v) is 2.95.